The number of carbonyl (C=O) groups is 1. The minimum Gasteiger partial charge on any atom is -0.504 e. The number of ether oxygens (including phenoxy) is 3. The summed E-state index contributed by atoms with van der Waals surface area (Å²) in [5.74, 6) is 1.89. The molecule has 4 rings (SSSR count). The normalized spacial score (nSPS) is 18.7. The van der Waals surface area contributed by atoms with E-state index in [2.05, 4.69) is 15.9 Å². The molecule has 0 aromatic heterocycles. The minimum absolute atomic E-state index is 0.0443. The van der Waals surface area contributed by atoms with Gasteiger partial charge >= 0.3 is 0 Å². The van der Waals surface area contributed by atoms with Crippen molar-refractivity contribution in [1.82, 2.24) is 0 Å². The molecule has 1 aliphatic carbocycles. The third-order valence-electron chi connectivity index (χ3n) is 4.84. The van der Waals surface area contributed by atoms with Gasteiger partial charge in [0.25, 0.3) is 0 Å². The van der Waals surface area contributed by atoms with Gasteiger partial charge in [0.15, 0.2) is 28.8 Å². The molecule has 2 aromatic rings. The second kappa shape index (κ2) is 7.72. The van der Waals surface area contributed by atoms with E-state index in [1.807, 2.05) is 24.3 Å². The molecule has 0 saturated heterocycles. The van der Waals surface area contributed by atoms with Crippen LogP contribution in [0.5, 0.6) is 23.0 Å². The zero-order chi connectivity index (χ0) is 19.7. The Morgan fingerprint density at radius 2 is 1.79 bits per heavy atom. The average molecular weight is 443 g/mol. The first-order valence-corrected chi connectivity index (χ1v) is 9.76. The third-order valence-corrected chi connectivity index (χ3v) is 5.53. The van der Waals surface area contributed by atoms with Crippen LogP contribution in [-0.4, -0.2) is 24.8 Å². The Kier molecular flexibility index (Phi) is 5.13. The Morgan fingerprint density at radius 1 is 1.07 bits per heavy atom. The second-order valence-corrected chi connectivity index (χ2v) is 7.53. The fourth-order valence-electron chi connectivity index (χ4n) is 3.39. The first-order valence-electron chi connectivity index (χ1n) is 8.97. The van der Waals surface area contributed by atoms with Gasteiger partial charge in [-0.15, -0.1) is 0 Å². The van der Waals surface area contributed by atoms with Crippen molar-refractivity contribution in [1.29, 1.82) is 0 Å². The maximum atomic E-state index is 13.0. The number of halogens is 1. The number of carbonyl (C=O) groups excluding carboxylic acids is 1. The number of rotatable bonds is 3. The molecular formula is C22H19BrO5. The topological polar surface area (TPSA) is 65.0 Å². The summed E-state index contributed by atoms with van der Waals surface area (Å²) < 4.78 is 16.8. The molecule has 1 saturated carbocycles. The number of allylic oxidation sites excluding steroid dienone is 2. The zero-order valence-corrected chi connectivity index (χ0v) is 16.9. The summed E-state index contributed by atoms with van der Waals surface area (Å²) in [5, 5.41) is 9.75. The SMILES string of the molecule is COc1cc(/C=C2\CCC/C(=C\c3cc4c(cc3Br)OCO4)C2=O)ccc1O. The highest BCUT2D eigenvalue weighted by atomic mass is 79.9. The summed E-state index contributed by atoms with van der Waals surface area (Å²) in [5.41, 5.74) is 3.23. The molecule has 2 aliphatic rings. The van der Waals surface area contributed by atoms with E-state index in [1.54, 1.807) is 18.2 Å². The van der Waals surface area contributed by atoms with Crippen LogP contribution in [0.4, 0.5) is 0 Å². The smallest absolute Gasteiger partial charge is 0.231 e. The van der Waals surface area contributed by atoms with Crippen LogP contribution in [0.2, 0.25) is 0 Å². The van der Waals surface area contributed by atoms with Crippen LogP contribution in [0.3, 0.4) is 0 Å². The van der Waals surface area contributed by atoms with Crippen LogP contribution < -0.4 is 14.2 Å². The number of hydrogen-bond donors (Lipinski definition) is 1. The van der Waals surface area contributed by atoms with E-state index in [-0.39, 0.29) is 18.3 Å². The molecule has 0 atom stereocenters. The van der Waals surface area contributed by atoms with Gasteiger partial charge in [-0.05, 0) is 66.8 Å². The number of Topliss-reactive ketones (excluding diaryl/α,β-unsaturated/α-hetero) is 1. The van der Waals surface area contributed by atoms with Crippen molar-refractivity contribution in [2.75, 3.05) is 13.9 Å². The number of phenolic OH excluding ortho intramolecular Hbond substituents is 1. The standard InChI is InChI=1S/C22H19BrO5/c1-26-19-8-13(5-6-18(19)24)7-14-3-2-4-15(22(14)25)9-16-10-20-21(11-17(16)23)28-12-27-20/h5-11,24H,2-4,12H2,1H3/b14-7+,15-9+. The summed E-state index contributed by atoms with van der Waals surface area (Å²) in [6.07, 6.45) is 6.14. The number of phenols is 1. The lowest BCUT2D eigenvalue weighted by atomic mass is 9.87. The van der Waals surface area contributed by atoms with E-state index in [0.29, 0.717) is 17.2 Å². The molecule has 144 valence electrons. The first kappa shape index (κ1) is 18.6. The Labute approximate surface area is 171 Å². The fraction of sp³-hybridized carbons (Fsp3) is 0.227. The number of ketones is 1. The maximum absolute atomic E-state index is 13.0. The van der Waals surface area contributed by atoms with E-state index in [0.717, 1.165) is 46.0 Å². The van der Waals surface area contributed by atoms with Crippen LogP contribution in [-0.2, 0) is 4.79 Å². The van der Waals surface area contributed by atoms with Crippen LogP contribution in [0.1, 0.15) is 30.4 Å². The first-order chi connectivity index (χ1) is 13.5. The molecule has 0 bridgehead atoms. The van der Waals surface area contributed by atoms with E-state index in [4.69, 9.17) is 14.2 Å². The molecule has 1 heterocycles. The van der Waals surface area contributed by atoms with E-state index >= 15 is 0 Å². The molecular weight excluding hydrogens is 424 g/mol. The quantitative estimate of drug-likeness (QED) is 0.668. The number of benzene rings is 2. The second-order valence-electron chi connectivity index (χ2n) is 6.68. The van der Waals surface area contributed by atoms with Crippen molar-refractivity contribution in [3.05, 3.63) is 57.1 Å². The monoisotopic (exact) mass is 442 g/mol. The molecule has 0 unspecified atom stereocenters. The maximum Gasteiger partial charge on any atom is 0.231 e. The number of hydrogen-bond acceptors (Lipinski definition) is 5. The van der Waals surface area contributed by atoms with Gasteiger partial charge in [-0.25, -0.2) is 0 Å². The van der Waals surface area contributed by atoms with Crippen LogP contribution >= 0.6 is 15.9 Å². The van der Waals surface area contributed by atoms with Crippen LogP contribution in [0.15, 0.2) is 46.0 Å². The molecule has 0 spiro atoms. The molecule has 0 radical (unpaired) electrons. The summed E-state index contributed by atoms with van der Waals surface area (Å²) in [6, 6.07) is 8.81. The predicted octanol–water partition coefficient (Wildman–Crippen LogP) is 5.11. The summed E-state index contributed by atoms with van der Waals surface area (Å²) >= 11 is 3.54. The highest BCUT2D eigenvalue weighted by molar-refractivity contribution is 9.10. The average Bonchev–Trinajstić information content (AvgIpc) is 3.13. The Morgan fingerprint density at radius 3 is 2.54 bits per heavy atom. The number of methoxy groups -OCH3 is 1. The summed E-state index contributed by atoms with van der Waals surface area (Å²) in [7, 11) is 1.50. The van der Waals surface area contributed by atoms with Crippen molar-refractivity contribution < 1.29 is 24.1 Å². The van der Waals surface area contributed by atoms with Crippen LogP contribution in [0, 0.1) is 0 Å². The lowest BCUT2D eigenvalue weighted by molar-refractivity contribution is -0.112. The van der Waals surface area contributed by atoms with Crippen LogP contribution in [0.25, 0.3) is 12.2 Å². The number of aromatic hydroxyl groups is 1. The Balaban J connectivity index is 1.64. The van der Waals surface area contributed by atoms with Crippen molar-refractivity contribution in [3.63, 3.8) is 0 Å². The van der Waals surface area contributed by atoms with Gasteiger partial charge in [0.2, 0.25) is 6.79 Å². The molecule has 6 heteroatoms. The zero-order valence-electron chi connectivity index (χ0n) is 15.3. The molecule has 0 amide bonds. The lowest BCUT2D eigenvalue weighted by Crippen LogP contribution is -2.12. The third kappa shape index (κ3) is 3.64. The molecule has 2 aromatic carbocycles. The van der Waals surface area contributed by atoms with Gasteiger partial charge in [-0.3, -0.25) is 4.79 Å². The largest absolute Gasteiger partial charge is 0.504 e. The van der Waals surface area contributed by atoms with E-state index in [9.17, 15) is 9.90 Å². The highest BCUT2D eigenvalue weighted by Crippen LogP contribution is 2.39. The number of fused-ring (bicyclic) bond motifs is 1. The van der Waals surface area contributed by atoms with Crippen molar-refractivity contribution in [2.24, 2.45) is 0 Å². The highest BCUT2D eigenvalue weighted by Gasteiger charge is 2.22. The van der Waals surface area contributed by atoms with E-state index in [1.165, 1.54) is 7.11 Å². The van der Waals surface area contributed by atoms with E-state index < -0.39 is 0 Å². The molecule has 28 heavy (non-hydrogen) atoms. The summed E-state index contributed by atoms with van der Waals surface area (Å²) in [4.78, 5) is 13.0. The fourth-order valence-corrected chi connectivity index (χ4v) is 3.83. The van der Waals surface area contributed by atoms with Gasteiger partial charge in [0.05, 0.1) is 7.11 Å². The van der Waals surface area contributed by atoms with Crippen molar-refractivity contribution in [2.45, 2.75) is 19.3 Å². The van der Waals surface area contributed by atoms with Gasteiger partial charge in [-0.2, -0.15) is 0 Å². The predicted molar refractivity (Wildman–Crippen MR) is 110 cm³/mol. The lowest BCUT2D eigenvalue weighted by Gasteiger charge is -2.17. The molecule has 1 aliphatic heterocycles. The van der Waals surface area contributed by atoms with Gasteiger partial charge in [0, 0.05) is 15.6 Å². The Bertz CT molecular complexity index is 1010. The minimum atomic E-state index is 0.0443. The van der Waals surface area contributed by atoms with Crippen molar-refractivity contribution in [3.8, 4) is 23.0 Å². The molecule has 5 nitrogen and oxygen atoms in total. The van der Waals surface area contributed by atoms with Gasteiger partial charge in [-0.1, -0.05) is 22.0 Å². The summed E-state index contributed by atoms with van der Waals surface area (Å²) in [6.45, 7) is 0.212. The van der Waals surface area contributed by atoms with Crippen molar-refractivity contribution >= 4 is 33.9 Å². The van der Waals surface area contributed by atoms with Gasteiger partial charge < -0.3 is 19.3 Å². The van der Waals surface area contributed by atoms with Gasteiger partial charge in [0.1, 0.15) is 0 Å². The molecule has 1 N–H and O–H groups in total. The Hall–Kier alpha value is -2.73. The molecule has 1 fully saturated rings.